The molecule has 0 unspecified atom stereocenters. The molecule has 0 bridgehead atoms. The SMILES string of the molecule is O=S(=O)(O)N(c1ccccc1)c1cc(Br)cnc1Cl. The summed E-state index contributed by atoms with van der Waals surface area (Å²) in [5.41, 5.74) is 0.316. The van der Waals surface area contributed by atoms with Gasteiger partial charge in [0, 0.05) is 10.7 Å². The lowest BCUT2D eigenvalue weighted by atomic mass is 10.3. The van der Waals surface area contributed by atoms with Crippen LogP contribution in [0.15, 0.2) is 47.1 Å². The lowest BCUT2D eigenvalue weighted by Gasteiger charge is -2.21. The van der Waals surface area contributed by atoms with E-state index >= 15 is 0 Å². The van der Waals surface area contributed by atoms with Crippen molar-refractivity contribution in [1.29, 1.82) is 0 Å². The third kappa shape index (κ3) is 3.24. The Balaban J connectivity index is 2.67. The predicted molar refractivity (Wildman–Crippen MR) is 77.1 cm³/mol. The van der Waals surface area contributed by atoms with Gasteiger partial charge in [0.1, 0.15) is 0 Å². The number of benzene rings is 1. The number of halogens is 2. The van der Waals surface area contributed by atoms with Crippen molar-refractivity contribution in [2.24, 2.45) is 0 Å². The van der Waals surface area contributed by atoms with Crippen LogP contribution in [-0.4, -0.2) is 18.0 Å². The Morgan fingerprint density at radius 3 is 2.47 bits per heavy atom. The van der Waals surface area contributed by atoms with E-state index in [1.807, 2.05) is 0 Å². The van der Waals surface area contributed by atoms with E-state index in [1.54, 1.807) is 18.2 Å². The van der Waals surface area contributed by atoms with Crippen LogP contribution in [0.5, 0.6) is 0 Å². The Hall–Kier alpha value is -1.15. The molecular formula is C11H8BrClN2O3S. The van der Waals surface area contributed by atoms with E-state index in [0.717, 1.165) is 0 Å². The molecule has 0 aliphatic carbocycles. The van der Waals surface area contributed by atoms with Gasteiger partial charge in [-0.15, -0.1) is 0 Å². The molecule has 0 aliphatic heterocycles. The first-order valence-corrected chi connectivity index (χ1v) is 7.60. The van der Waals surface area contributed by atoms with Gasteiger partial charge in [-0.1, -0.05) is 29.8 Å². The van der Waals surface area contributed by atoms with Gasteiger partial charge in [0.25, 0.3) is 0 Å². The minimum absolute atomic E-state index is 0.0373. The summed E-state index contributed by atoms with van der Waals surface area (Å²) < 4.78 is 33.8. The average Bonchev–Trinajstić information content (AvgIpc) is 2.33. The first-order chi connectivity index (χ1) is 8.89. The van der Waals surface area contributed by atoms with Crippen LogP contribution in [0.4, 0.5) is 11.4 Å². The fourth-order valence-electron chi connectivity index (χ4n) is 1.51. The van der Waals surface area contributed by atoms with Crippen LogP contribution in [0.2, 0.25) is 5.15 Å². The molecule has 1 N–H and O–H groups in total. The quantitative estimate of drug-likeness (QED) is 0.670. The fraction of sp³-hybridized carbons (Fsp3) is 0. The molecule has 0 amide bonds. The summed E-state index contributed by atoms with van der Waals surface area (Å²) in [6.07, 6.45) is 1.43. The maximum Gasteiger partial charge on any atom is 0.364 e. The van der Waals surface area contributed by atoms with E-state index in [4.69, 9.17) is 11.6 Å². The zero-order valence-corrected chi connectivity index (χ0v) is 12.5. The summed E-state index contributed by atoms with van der Waals surface area (Å²) in [5, 5.41) is -0.0373. The molecule has 19 heavy (non-hydrogen) atoms. The predicted octanol–water partition coefficient (Wildman–Crippen LogP) is 3.44. The number of aromatic nitrogens is 1. The largest absolute Gasteiger partial charge is 0.364 e. The van der Waals surface area contributed by atoms with E-state index in [0.29, 0.717) is 8.78 Å². The number of rotatable bonds is 3. The van der Waals surface area contributed by atoms with Crippen LogP contribution < -0.4 is 4.31 Å². The van der Waals surface area contributed by atoms with Gasteiger partial charge < -0.3 is 0 Å². The van der Waals surface area contributed by atoms with Crippen LogP contribution in [-0.2, 0) is 10.3 Å². The molecule has 2 aromatic rings. The maximum atomic E-state index is 11.6. The van der Waals surface area contributed by atoms with E-state index < -0.39 is 10.3 Å². The van der Waals surface area contributed by atoms with E-state index in [2.05, 4.69) is 20.9 Å². The lowest BCUT2D eigenvalue weighted by molar-refractivity contribution is 0.483. The van der Waals surface area contributed by atoms with Crippen molar-refractivity contribution in [3.63, 3.8) is 0 Å². The normalized spacial score (nSPS) is 11.3. The molecule has 0 radical (unpaired) electrons. The lowest BCUT2D eigenvalue weighted by Crippen LogP contribution is -2.25. The topological polar surface area (TPSA) is 70.5 Å². The van der Waals surface area contributed by atoms with Gasteiger partial charge in [0.2, 0.25) is 0 Å². The van der Waals surface area contributed by atoms with E-state index in [-0.39, 0.29) is 16.5 Å². The van der Waals surface area contributed by atoms with Crippen molar-refractivity contribution in [1.82, 2.24) is 4.98 Å². The van der Waals surface area contributed by atoms with Gasteiger partial charge in [-0.05, 0) is 34.1 Å². The van der Waals surface area contributed by atoms with Crippen LogP contribution in [0.3, 0.4) is 0 Å². The first kappa shape index (κ1) is 14.3. The van der Waals surface area contributed by atoms with Crippen molar-refractivity contribution in [3.8, 4) is 0 Å². The minimum Gasteiger partial charge on any atom is -0.269 e. The minimum atomic E-state index is -4.52. The molecular weight excluding hydrogens is 356 g/mol. The molecule has 1 aromatic carbocycles. The van der Waals surface area contributed by atoms with Crippen LogP contribution in [0.25, 0.3) is 0 Å². The van der Waals surface area contributed by atoms with Gasteiger partial charge >= 0.3 is 10.3 Å². The highest BCUT2D eigenvalue weighted by atomic mass is 79.9. The summed E-state index contributed by atoms with van der Waals surface area (Å²) >= 11 is 9.08. The van der Waals surface area contributed by atoms with Crippen molar-refractivity contribution in [3.05, 3.63) is 52.2 Å². The summed E-state index contributed by atoms with van der Waals surface area (Å²) in [7, 11) is -4.52. The molecule has 8 heteroatoms. The van der Waals surface area contributed by atoms with Gasteiger partial charge in [0.05, 0.1) is 11.4 Å². The van der Waals surface area contributed by atoms with Crippen molar-refractivity contribution < 1.29 is 13.0 Å². The highest BCUT2D eigenvalue weighted by Gasteiger charge is 2.24. The Morgan fingerprint density at radius 1 is 1.26 bits per heavy atom. The van der Waals surface area contributed by atoms with Crippen LogP contribution in [0.1, 0.15) is 0 Å². The number of hydrogen-bond acceptors (Lipinski definition) is 3. The molecule has 1 aromatic heterocycles. The zero-order chi connectivity index (χ0) is 14.0. The third-order valence-corrected chi connectivity index (χ3v) is 3.82. The smallest absolute Gasteiger partial charge is 0.269 e. The van der Waals surface area contributed by atoms with Crippen LogP contribution >= 0.6 is 27.5 Å². The Bertz CT molecular complexity index is 694. The number of para-hydroxylation sites is 1. The first-order valence-electron chi connectivity index (χ1n) is 5.03. The molecule has 5 nitrogen and oxygen atoms in total. The summed E-state index contributed by atoms with van der Waals surface area (Å²) in [5.74, 6) is 0. The Morgan fingerprint density at radius 2 is 1.89 bits per heavy atom. The van der Waals surface area contributed by atoms with Crippen LogP contribution in [0, 0.1) is 0 Å². The molecule has 0 aliphatic rings. The molecule has 2 rings (SSSR count). The molecule has 0 atom stereocenters. The standard InChI is InChI=1S/C11H8BrClN2O3S/c12-8-6-10(11(13)14-7-8)15(19(16,17)18)9-4-2-1-3-5-9/h1-7H,(H,16,17,18). The average molecular weight is 364 g/mol. The van der Waals surface area contributed by atoms with E-state index in [1.165, 1.54) is 24.4 Å². The van der Waals surface area contributed by atoms with Crippen molar-refractivity contribution in [2.75, 3.05) is 4.31 Å². The monoisotopic (exact) mass is 362 g/mol. The Kier molecular flexibility index (Phi) is 4.10. The number of nitrogens with zero attached hydrogens (tertiary/aromatic N) is 2. The molecule has 0 fully saturated rings. The van der Waals surface area contributed by atoms with Crippen molar-refractivity contribution >= 4 is 49.2 Å². The molecule has 100 valence electrons. The molecule has 1 heterocycles. The second-order valence-corrected chi connectivity index (χ2v) is 6.08. The van der Waals surface area contributed by atoms with Crippen molar-refractivity contribution in [2.45, 2.75) is 0 Å². The van der Waals surface area contributed by atoms with Gasteiger partial charge in [-0.25, -0.2) is 9.29 Å². The maximum absolute atomic E-state index is 11.6. The van der Waals surface area contributed by atoms with Gasteiger partial charge in [-0.2, -0.15) is 8.42 Å². The van der Waals surface area contributed by atoms with Gasteiger partial charge in [-0.3, -0.25) is 4.55 Å². The Labute approximate surface area is 123 Å². The summed E-state index contributed by atoms with van der Waals surface area (Å²) in [6.45, 7) is 0. The molecule has 0 saturated heterocycles. The molecule has 0 saturated carbocycles. The zero-order valence-electron chi connectivity index (χ0n) is 9.36. The summed E-state index contributed by atoms with van der Waals surface area (Å²) in [6, 6.07) is 9.54. The van der Waals surface area contributed by atoms with Gasteiger partial charge in [0.15, 0.2) is 5.15 Å². The van der Waals surface area contributed by atoms with E-state index in [9.17, 15) is 13.0 Å². The molecule has 0 spiro atoms. The number of hydrogen-bond donors (Lipinski definition) is 1. The summed E-state index contributed by atoms with van der Waals surface area (Å²) in [4.78, 5) is 3.84. The fourth-order valence-corrected chi connectivity index (χ4v) is 2.85. The number of pyridine rings is 1. The highest BCUT2D eigenvalue weighted by Crippen LogP contribution is 2.34. The second kappa shape index (κ2) is 5.46. The third-order valence-electron chi connectivity index (χ3n) is 2.23. The number of anilines is 2. The highest BCUT2D eigenvalue weighted by molar-refractivity contribution is 9.10. The second-order valence-electron chi connectivity index (χ2n) is 3.54.